The molecule has 3 heteroatoms. The third-order valence-electron chi connectivity index (χ3n) is 3.53. The van der Waals surface area contributed by atoms with Gasteiger partial charge in [0, 0.05) is 18.5 Å². The Labute approximate surface area is 107 Å². The summed E-state index contributed by atoms with van der Waals surface area (Å²) in [7, 11) is 0. The second-order valence-electron chi connectivity index (χ2n) is 4.69. The molecule has 1 heterocycles. The van der Waals surface area contributed by atoms with Crippen molar-refractivity contribution in [1.29, 1.82) is 0 Å². The summed E-state index contributed by atoms with van der Waals surface area (Å²) in [4.78, 5) is 0. The molecule has 0 atom stereocenters. The molecule has 0 aromatic heterocycles. The zero-order chi connectivity index (χ0) is 12.1. The van der Waals surface area contributed by atoms with E-state index in [0.717, 1.165) is 13.1 Å². The van der Waals surface area contributed by atoms with Crippen molar-refractivity contribution in [3.8, 4) is 0 Å². The van der Waals surface area contributed by atoms with Crippen molar-refractivity contribution in [1.82, 2.24) is 5.32 Å². The average molecular weight is 253 g/mol. The van der Waals surface area contributed by atoms with E-state index in [9.17, 15) is 4.39 Å². The van der Waals surface area contributed by atoms with Gasteiger partial charge in [0.25, 0.3) is 0 Å². The fourth-order valence-electron chi connectivity index (χ4n) is 2.41. The summed E-state index contributed by atoms with van der Waals surface area (Å²) in [5.41, 5.74) is 1.56. The molecule has 1 N–H and O–H groups in total. The highest BCUT2D eigenvalue weighted by molar-refractivity contribution is 7.99. The van der Waals surface area contributed by atoms with Crippen LogP contribution in [0.5, 0.6) is 0 Å². The molecule has 0 saturated carbocycles. The molecule has 1 aromatic rings. The number of hydrogen-bond donors (Lipinski definition) is 1. The molecule has 94 valence electrons. The van der Waals surface area contributed by atoms with Gasteiger partial charge in [-0.05, 0) is 42.0 Å². The van der Waals surface area contributed by atoms with Crippen LogP contribution in [-0.2, 0) is 5.41 Å². The largest absolute Gasteiger partial charge is 0.315 e. The molecule has 1 saturated heterocycles. The predicted molar refractivity (Wildman–Crippen MR) is 73.2 cm³/mol. The molecule has 0 bridgehead atoms. The van der Waals surface area contributed by atoms with Crippen LogP contribution in [0.25, 0.3) is 0 Å². The Bertz CT molecular complexity index is 346. The van der Waals surface area contributed by atoms with Crippen molar-refractivity contribution in [3.63, 3.8) is 0 Å². The number of nitrogens with one attached hydrogen (secondary N) is 1. The third-order valence-corrected chi connectivity index (χ3v) is 4.52. The van der Waals surface area contributed by atoms with Crippen LogP contribution in [0.4, 0.5) is 4.39 Å². The molecule has 0 unspecified atom stereocenters. The van der Waals surface area contributed by atoms with Gasteiger partial charge in [-0.15, -0.1) is 0 Å². The Balaban J connectivity index is 1.96. The fraction of sp³-hybridized carbons (Fsp3) is 0.571. The van der Waals surface area contributed by atoms with Crippen LogP contribution < -0.4 is 5.32 Å². The van der Waals surface area contributed by atoms with Crippen LogP contribution in [-0.4, -0.2) is 24.6 Å². The van der Waals surface area contributed by atoms with Crippen LogP contribution >= 0.6 is 11.8 Å². The van der Waals surface area contributed by atoms with Crippen molar-refractivity contribution in [2.24, 2.45) is 0 Å². The minimum Gasteiger partial charge on any atom is -0.315 e. The highest BCUT2D eigenvalue weighted by atomic mass is 32.2. The molecule has 1 nitrogen and oxygen atoms in total. The lowest BCUT2D eigenvalue weighted by atomic mass is 9.72. The third kappa shape index (κ3) is 3.02. The quantitative estimate of drug-likeness (QED) is 0.781. The molecule has 0 aliphatic carbocycles. The van der Waals surface area contributed by atoms with Gasteiger partial charge in [0.2, 0.25) is 0 Å². The minimum atomic E-state index is -0.141. The topological polar surface area (TPSA) is 12.0 Å². The van der Waals surface area contributed by atoms with E-state index >= 15 is 0 Å². The molecule has 0 amide bonds. The summed E-state index contributed by atoms with van der Waals surface area (Å²) in [5.74, 6) is 2.29. The number of rotatable bonds is 6. The summed E-state index contributed by atoms with van der Waals surface area (Å²) in [6.07, 6.45) is 2.45. The van der Waals surface area contributed by atoms with Crippen LogP contribution in [0.15, 0.2) is 24.3 Å². The number of halogens is 1. The Kier molecular flexibility index (Phi) is 4.46. The van der Waals surface area contributed by atoms with Crippen LogP contribution in [0.1, 0.15) is 25.3 Å². The normalized spacial score (nSPS) is 17.8. The monoisotopic (exact) mass is 253 g/mol. The average Bonchev–Trinajstić information content (AvgIpc) is 2.29. The van der Waals surface area contributed by atoms with Gasteiger partial charge in [0.05, 0.1) is 0 Å². The molecule has 1 aliphatic heterocycles. The molecular weight excluding hydrogens is 233 g/mol. The van der Waals surface area contributed by atoms with Crippen LogP contribution in [0, 0.1) is 5.82 Å². The van der Waals surface area contributed by atoms with E-state index in [1.54, 1.807) is 12.1 Å². The van der Waals surface area contributed by atoms with Crippen LogP contribution in [0.2, 0.25) is 0 Å². The molecule has 0 spiro atoms. The molecule has 1 aromatic carbocycles. The molecular formula is C14H20FNS. The maximum Gasteiger partial charge on any atom is 0.123 e. The lowest BCUT2D eigenvalue weighted by Gasteiger charge is -2.43. The number of benzene rings is 1. The Morgan fingerprint density at radius 2 is 2.00 bits per heavy atom. The maximum absolute atomic E-state index is 12.9. The SMILES string of the molecule is CCSCCCC1(c2ccc(F)cc2)CNC1. The van der Waals surface area contributed by atoms with E-state index in [1.165, 1.54) is 29.9 Å². The molecule has 2 rings (SSSR count). The summed E-state index contributed by atoms with van der Waals surface area (Å²) < 4.78 is 12.9. The summed E-state index contributed by atoms with van der Waals surface area (Å²) in [6, 6.07) is 7.05. The number of hydrogen-bond acceptors (Lipinski definition) is 2. The smallest absolute Gasteiger partial charge is 0.123 e. The van der Waals surface area contributed by atoms with Crippen molar-refractivity contribution in [2.45, 2.75) is 25.2 Å². The molecule has 1 aliphatic rings. The van der Waals surface area contributed by atoms with Crippen molar-refractivity contribution < 1.29 is 4.39 Å². The first-order valence-corrected chi connectivity index (χ1v) is 7.47. The summed E-state index contributed by atoms with van der Waals surface area (Å²) in [6.45, 7) is 4.27. The first kappa shape index (κ1) is 12.9. The van der Waals surface area contributed by atoms with Gasteiger partial charge in [0.1, 0.15) is 5.82 Å². The zero-order valence-electron chi connectivity index (χ0n) is 10.3. The molecule has 1 fully saturated rings. The first-order valence-electron chi connectivity index (χ1n) is 6.31. The molecule has 17 heavy (non-hydrogen) atoms. The van der Waals surface area contributed by atoms with E-state index in [2.05, 4.69) is 12.2 Å². The zero-order valence-corrected chi connectivity index (χ0v) is 11.2. The standard InChI is InChI=1S/C14H20FNS/c1-2-17-9-3-8-14(10-16-11-14)12-4-6-13(15)7-5-12/h4-7,16H,2-3,8-11H2,1H3. The van der Waals surface area contributed by atoms with E-state index in [1.807, 2.05) is 23.9 Å². The van der Waals surface area contributed by atoms with E-state index in [4.69, 9.17) is 0 Å². The molecule has 0 radical (unpaired) electrons. The van der Waals surface area contributed by atoms with Gasteiger partial charge in [-0.2, -0.15) is 11.8 Å². The highest BCUT2D eigenvalue weighted by Crippen LogP contribution is 2.33. The van der Waals surface area contributed by atoms with Crippen LogP contribution in [0.3, 0.4) is 0 Å². The van der Waals surface area contributed by atoms with Gasteiger partial charge in [-0.1, -0.05) is 19.1 Å². The lowest BCUT2D eigenvalue weighted by Crippen LogP contribution is -2.56. The summed E-state index contributed by atoms with van der Waals surface area (Å²) in [5, 5.41) is 3.36. The van der Waals surface area contributed by atoms with Gasteiger partial charge in [-0.25, -0.2) is 4.39 Å². The van der Waals surface area contributed by atoms with E-state index in [-0.39, 0.29) is 11.2 Å². The van der Waals surface area contributed by atoms with E-state index < -0.39 is 0 Å². The predicted octanol–water partition coefficient (Wildman–Crippen LogP) is 3.20. The number of thioether (sulfide) groups is 1. The van der Waals surface area contributed by atoms with Gasteiger partial charge in [-0.3, -0.25) is 0 Å². The Morgan fingerprint density at radius 3 is 2.53 bits per heavy atom. The Morgan fingerprint density at radius 1 is 1.29 bits per heavy atom. The lowest BCUT2D eigenvalue weighted by molar-refractivity contribution is 0.256. The van der Waals surface area contributed by atoms with Crippen molar-refractivity contribution >= 4 is 11.8 Å². The van der Waals surface area contributed by atoms with Gasteiger partial charge < -0.3 is 5.32 Å². The minimum absolute atomic E-state index is 0.141. The van der Waals surface area contributed by atoms with Crippen molar-refractivity contribution in [2.75, 3.05) is 24.6 Å². The maximum atomic E-state index is 12.9. The van der Waals surface area contributed by atoms with Crippen molar-refractivity contribution in [3.05, 3.63) is 35.6 Å². The fourth-order valence-corrected chi connectivity index (χ4v) is 3.05. The second-order valence-corrected chi connectivity index (χ2v) is 6.09. The Hall–Kier alpha value is -0.540. The highest BCUT2D eigenvalue weighted by Gasteiger charge is 2.37. The second kappa shape index (κ2) is 5.87. The van der Waals surface area contributed by atoms with Gasteiger partial charge >= 0.3 is 0 Å². The van der Waals surface area contributed by atoms with E-state index in [0.29, 0.717) is 0 Å². The first-order chi connectivity index (χ1) is 8.27. The summed E-state index contributed by atoms with van der Waals surface area (Å²) >= 11 is 2.00. The van der Waals surface area contributed by atoms with Gasteiger partial charge in [0.15, 0.2) is 0 Å².